The Labute approximate surface area is 211 Å². The van der Waals surface area contributed by atoms with Crippen molar-refractivity contribution in [3.8, 4) is 17.0 Å². The summed E-state index contributed by atoms with van der Waals surface area (Å²) in [6.07, 6.45) is 5.88. The second-order valence-corrected chi connectivity index (χ2v) is 8.44. The number of nitrogens with zero attached hydrogens (tertiary/aromatic N) is 5. The molecule has 1 aromatic heterocycles. The van der Waals surface area contributed by atoms with Gasteiger partial charge in [-0.25, -0.2) is 0 Å². The van der Waals surface area contributed by atoms with Gasteiger partial charge in [-0.15, -0.1) is 5.11 Å². The van der Waals surface area contributed by atoms with Gasteiger partial charge in [0.1, 0.15) is 5.75 Å². The van der Waals surface area contributed by atoms with Gasteiger partial charge in [0.05, 0.1) is 18.5 Å². The predicted molar refractivity (Wildman–Crippen MR) is 140 cm³/mol. The average molecular weight is 486 g/mol. The molecule has 36 heavy (non-hydrogen) atoms. The van der Waals surface area contributed by atoms with Gasteiger partial charge in [-0.05, 0) is 36.6 Å². The van der Waals surface area contributed by atoms with Gasteiger partial charge in [0.15, 0.2) is 5.84 Å². The number of ether oxygens (including phenoxy) is 1. The number of aromatic nitrogens is 1. The Bertz CT molecular complexity index is 1260. The minimum atomic E-state index is -0.865. The number of nitrogens with one attached hydrogen (secondary N) is 1. The lowest BCUT2D eigenvalue weighted by Gasteiger charge is -2.30. The van der Waals surface area contributed by atoms with Crippen LogP contribution in [-0.2, 0) is 6.54 Å². The van der Waals surface area contributed by atoms with Crippen LogP contribution in [0.5, 0.6) is 5.75 Å². The minimum Gasteiger partial charge on any atom is -0.495 e. The van der Waals surface area contributed by atoms with Crippen molar-refractivity contribution in [3.05, 3.63) is 89.9 Å². The zero-order valence-corrected chi connectivity index (χ0v) is 20.5. The molecule has 0 spiro atoms. The molecule has 4 rings (SSSR count). The van der Waals surface area contributed by atoms with E-state index in [1.54, 1.807) is 19.4 Å². The van der Waals surface area contributed by atoms with Gasteiger partial charge in [-0.1, -0.05) is 61.0 Å². The van der Waals surface area contributed by atoms with E-state index in [1.807, 2.05) is 70.6 Å². The zero-order valence-electron chi connectivity index (χ0n) is 20.5. The number of aliphatic hydroxyl groups excluding tert-OH is 1. The van der Waals surface area contributed by atoms with Crippen LogP contribution in [-0.4, -0.2) is 34.3 Å². The summed E-state index contributed by atoms with van der Waals surface area (Å²) in [5, 5.41) is 26.3. The maximum atomic E-state index is 11.3. The molecule has 186 valence electrons. The maximum Gasteiger partial charge on any atom is 0.212 e. The normalized spacial score (nSPS) is 15.4. The summed E-state index contributed by atoms with van der Waals surface area (Å²) in [6.45, 7) is 2.65. The van der Waals surface area contributed by atoms with Crippen molar-refractivity contribution in [1.29, 1.82) is 5.41 Å². The van der Waals surface area contributed by atoms with Gasteiger partial charge < -0.3 is 20.6 Å². The Balaban J connectivity index is 1.58. The molecule has 2 aromatic carbocycles. The lowest BCUT2D eigenvalue weighted by molar-refractivity contribution is 0.0397. The van der Waals surface area contributed by atoms with E-state index < -0.39 is 6.35 Å². The topological polar surface area (TPSA) is 123 Å². The van der Waals surface area contributed by atoms with Crippen molar-refractivity contribution in [1.82, 2.24) is 9.88 Å². The van der Waals surface area contributed by atoms with E-state index >= 15 is 0 Å². The average Bonchev–Trinajstić information content (AvgIpc) is 3.22. The van der Waals surface area contributed by atoms with E-state index in [-0.39, 0.29) is 5.84 Å². The highest BCUT2D eigenvalue weighted by molar-refractivity contribution is 6.02. The summed E-state index contributed by atoms with van der Waals surface area (Å²) in [4.78, 5) is 8.49. The molecule has 0 bridgehead atoms. The number of para-hydroxylation sites is 2. The molecule has 9 heteroatoms. The number of amidine groups is 1. The van der Waals surface area contributed by atoms with Crippen molar-refractivity contribution in [2.75, 3.05) is 12.0 Å². The highest BCUT2D eigenvalue weighted by Gasteiger charge is 2.32. The first kappa shape index (κ1) is 24.9. The number of aliphatic hydroxyl groups is 1. The van der Waals surface area contributed by atoms with E-state index in [0.717, 1.165) is 41.8 Å². The molecule has 3 aromatic rings. The molecular weight excluding hydrogens is 454 g/mol. The molecule has 0 fully saturated rings. The predicted octanol–water partition coefficient (Wildman–Crippen LogP) is 5.04. The first-order valence-electron chi connectivity index (χ1n) is 11.9. The molecular formula is C27H31N7O2. The smallest absolute Gasteiger partial charge is 0.212 e. The fraction of sp³-hybridized carbons (Fsp3) is 0.259. The Morgan fingerprint density at radius 3 is 2.64 bits per heavy atom. The quantitative estimate of drug-likeness (QED) is 0.128. The van der Waals surface area contributed by atoms with E-state index in [4.69, 9.17) is 16.0 Å². The molecule has 1 aliphatic heterocycles. The minimum absolute atomic E-state index is 0.0266. The number of benzene rings is 2. The third-order valence-electron chi connectivity index (χ3n) is 6.13. The first-order chi connectivity index (χ1) is 17.6. The molecule has 4 N–H and O–H groups in total. The standard InChI is InChI=1S/C27H31N7O2/c1-3-4-9-20-18-34(24-12-7-8-13-25(24)36-2)27(35)33(20)17-19-14-15-23(30-16-19)21-10-5-6-11-22(21)26(28)31-32-29/h5-8,10-16,18,27,35H,3-4,9,17H2,1-2H3,(H3,28,29,31). The van der Waals surface area contributed by atoms with Crippen molar-refractivity contribution in [2.24, 2.45) is 16.2 Å². The Morgan fingerprint density at radius 1 is 1.14 bits per heavy atom. The molecule has 0 radical (unpaired) electrons. The van der Waals surface area contributed by atoms with Crippen LogP contribution in [0, 0.1) is 5.41 Å². The summed E-state index contributed by atoms with van der Waals surface area (Å²) in [6, 6.07) is 19.0. The van der Waals surface area contributed by atoms with Crippen molar-refractivity contribution < 1.29 is 9.84 Å². The zero-order chi connectivity index (χ0) is 25.5. The van der Waals surface area contributed by atoms with Crippen LogP contribution in [0.15, 0.2) is 89.1 Å². The van der Waals surface area contributed by atoms with Crippen LogP contribution in [0.2, 0.25) is 0 Å². The third kappa shape index (κ3) is 5.21. The molecule has 9 nitrogen and oxygen atoms in total. The van der Waals surface area contributed by atoms with Crippen molar-refractivity contribution in [3.63, 3.8) is 0 Å². The van der Waals surface area contributed by atoms with E-state index in [2.05, 4.69) is 22.2 Å². The van der Waals surface area contributed by atoms with Crippen LogP contribution in [0.25, 0.3) is 11.3 Å². The van der Waals surface area contributed by atoms with Crippen molar-refractivity contribution >= 4 is 11.5 Å². The van der Waals surface area contributed by atoms with E-state index in [9.17, 15) is 5.11 Å². The maximum absolute atomic E-state index is 11.3. The summed E-state index contributed by atoms with van der Waals surface area (Å²) in [5.41, 5.74) is 4.91. The summed E-state index contributed by atoms with van der Waals surface area (Å²) in [5.74, 6) is 5.81. The third-order valence-corrected chi connectivity index (χ3v) is 6.13. The van der Waals surface area contributed by atoms with Gasteiger partial charge in [-0.2, -0.15) is 0 Å². The Morgan fingerprint density at radius 2 is 1.92 bits per heavy atom. The highest BCUT2D eigenvalue weighted by atomic mass is 16.5. The number of hydrogen-bond donors (Lipinski definition) is 3. The summed E-state index contributed by atoms with van der Waals surface area (Å²) >= 11 is 0. The van der Waals surface area contributed by atoms with Crippen LogP contribution in [0.4, 0.5) is 5.69 Å². The molecule has 1 atom stereocenters. The number of allylic oxidation sites excluding steroid dienone is 1. The van der Waals surface area contributed by atoms with E-state index in [1.165, 1.54) is 0 Å². The Kier molecular flexibility index (Phi) is 7.92. The monoisotopic (exact) mass is 485 g/mol. The fourth-order valence-electron chi connectivity index (χ4n) is 4.28. The van der Waals surface area contributed by atoms with Crippen LogP contribution in [0.3, 0.4) is 0 Å². The molecule has 0 saturated carbocycles. The second kappa shape index (κ2) is 11.5. The van der Waals surface area contributed by atoms with Gasteiger partial charge in [0, 0.05) is 35.8 Å². The number of rotatable bonds is 9. The highest BCUT2D eigenvalue weighted by Crippen LogP contribution is 2.36. The van der Waals surface area contributed by atoms with E-state index in [0.29, 0.717) is 23.6 Å². The lowest BCUT2D eigenvalue weighted by Crippen LogP contribution is -2.39. The molecule has 0 saturated heterocycles. The van der Waals surface area contributed by atoms with Crippen LogP contribution >= 0.6 is 0 Å². The van der Waals surface area contributed by atoms with Gasteiger partial charge in [-0.3, -0.25) is 15.3 Å². The largest absolute Gasteiger partial charge is 0.495 e. The molecule has 1 unspecified atom stereocenters. The van der Waals surface area contributed by atoms with Gasteiger partial charge in [0.2, 0.25) is 6.35 Å². The lowest BCUT2D eigenvalue weighted by atomic mass is 10.0. The van der Waals surface area contributed by atoms with Gasteiger partial charge in [0.25, 0.3) is 0 Å². The molecule has 1 aliphatic rings. The van der Waals surface area contributed by atoms with Crippen molar-refractivity contribution in [2.45, 2.75) is 39.1 Å². The number of hydrogen-bond acceptors (Lipinski definition) is 7. The Hall–Kier alpha value is -4.24. The summed E-state index contributed by atoms with van der Waals surface area (Å²) < 4.78 is 5.53. The number of nitrogens with two attached hydrogens (primary N) is 1. The van der Waals surface area contributed by atoms with Crippen LogP contribution in [0.1, 0.15) is 37.3 Å². The van der Waals surface area contributed by atoms with Crippen LogP contribution < -0.4 is 15.5 Å². The number of unbranched alkanes of at least 4 members (excludes halogenated alkanes) is 1. The molecule has 0 amide bonds. The number of pyridine rings is 1. The molecule has 2 heterocycles. The summed E-state index contributed by atoms with van der Waals surface area (Å²) in [7, 11) is 1.63. The number of methoxy groups -OCH3 is 1. The fourth-order valence-corrected chi connectivity index (χ4v) is 4.28. The SMILES string of the molecule is CCCCC1=CN(c2ccccc2OC)C(O)N1Cc1ccc(-c2ccccc2C(=N)N=NN)nc1. The first-order valence-corrected chi connectivity index (χ1v) is 11.9. The second-order valence-electron chi connectivity index (χ2n) is 8.44. The number of anilines is 1. The molecule has 0 aliphatic carbocycles. The van der Waals surface area contributed by atoms with Gasteiger partial charge >= 0.3 is 0 Å².